The molecular formula is C28H55Al. The topological polar surface area (TPSA) is 0 Å². The molecule has 0 atom stereocenters. The Bertz CT molecular complexity index is 335. The summed E-state index contributed by atoms with van der Waals surface area (Å²) < 4.78 is 0. The van der Waals surface area contributed by atoms with Crippen molar-refractivity contribution in [3.63, 3.8) is 0 Å². The zero-order chi connectivity index (χ0) is 21.3. The lowest BCUT2D eigenvalue weighted by Crippen LogP contribution is -2.09. The Morgan fingerprint density at radius 2 is 0.759 bits per heavy atom. The van der Waals surface area contributed by atoms with Crippen molar-refractivity contribution in [1.29, 1.82) is 0 Å². The molecule has 170 valence electrons. The second-order valence-electron chi connectivity index (χ2n) is 9.36. The third-order valence-electron chi connectivity index (χ3n) is 6.27. The zero-order valence-corrected chi connectivity index (χ0v) is 22.0. The van der Waals surface area contributed by atoms with Crippen LogP contribution in [-0.4, -0.2) is 14.1 Å². The minimum Gasteiger partial charge on any atom is -0.205 e. The van der Waals surface area contributed by atoms with Crippen molar-refractivity contribution in [3.8, 4) is 10.7 Å². The average Bonchev–Trinajstić information content (AvgIpc) is 2.73. The summed E-state index contributed by atoms with van der Waals surface area (Å²) >= 11 is -0.791. The maximum atomic E-state index is 3.83. The predicted molar refractivity (Wildman–Crippen MR) is 137 cm³/mol. The largest absolute Gasteiger partial charge is 0.376 e. The highest BCUT2D eigenvalue weighted by atomic mass is 27.2. The zero-order valence-electron chi connectivity index (χ0n) is 20.8. The highest BCUT2D eigenvalue weighted by Gasteiger charge is 2.14. The van der Waals surface area contributed by atoms with Gasteiger partial charge in [0.2, 0.25) is 0 Å². The molecule has 0 bridgehead atoms. The second-order valence-corrected chi connectivity index (χ2v) is 12.2. The van der Waals surface area contributed by atoms with Crippen LogP contribution in [0.1, 0.15) is 156 Å². The molecule has 0 N–H and O–H groups in total. The first-order chi connectivity index (χ1) is 14.3. The molecule has 0 radical (unpaired) electrons. The summed E-state index contributed by atoms with van der Waals surface area (Å²) in [5, 5.41) is 2.98. The Hall–Kier alpha value is 0.0925. The van der Waals surface area contributed by atoms with Crippen molar-refractivity contribution in [1.82, 2.24) is 0 Å². The first kappa shape index (κ1) is 29.1. The maximum absolute atomic E-state index is 3.83. The van der Waals surface area contributed by atoms with Crippen LogP contribution in [0.3, 0.4) is 0 Å². The molecule has 0 aliphatic heterocycles. The number of rotatable bonds is 22. The Morgan fingerprint density at radius 3 is 1.17 bits per heavy atom. The first-order valence-corrected chi connectivity index (χ1v) is 16.0. The van der Waals surface area contributed by atoms with Crippen molar-refractivity contribution in [2.45, 2.75) is 166 Å². The van der Waals surface area contributed by atoms with E-state index in [9.17, 15) is 0 Å². The van der Waals surface area contributed by atoms with E-state index in [1.807, 2.05) is 0 Å². The molecule has 0 aliphatic rings. The smallest absolute Gasteiger partial charge is 0.205 e. The number of hydrogen-bond donors (Lipinski definition) is 0. The lowest BCUT2D eigenvalue weighted by atomic mass is 10.1. The molecule has 0 amide bonds. The molecule has 0 heterocycles. The van der Waals surface area contributed by atoms with Crippen molar-refractivity contribution >= 4 is 14.1 Å². The van der Waals surface area contributed by atoms with E-state index in [1.54, 1.807) is 0 Å². The van der Waals surface area contributed by atoms with Gasteiger partial charge < -0.3 is 0 Å². The third kappa shape index (κ3) is 24.2. The molecular weight excluding hydrogens is 363 g/mol. The van der Waals surface area contributed by atoms with Crippen molar-refractivity contribution in [2.75, 3.05) is 0 Å². The number of hydrogen-bond acceptors (Lipinski definition) is 0. The van der Waals surface area contributed by atoms with E-state index in [0.717, 1.165) is 0 Å². The minimum absolute atomic E-state index is 0.791. The van der Waals surface area contributed by atoms with E-state index in [4.69, 9.17) is 0 Å². The van der Waals surface area contributed by atoms with E-state index in [-0.39, 0.29) is 0 Å². The summed E-state index contributed by atoms with van der Waals surface area (Å²) in [6, 6.07) is 0. The Kier molecular flexibility index (Phi) is 26.2. The lowest BCUT2D eigenvalue weighted by molar-refractivity contribution is 0.579. The third-order valence-corrected chi connectivity index (χ3v) is 9.10. The summed E-state index contributed by atoms with van der Waals surface area (Å²) in [4.78, 5) is 3.83. The van der Waals surface area contributed by atoms with Gasteiger partial charge in [0.25, 0.3) is 0 Å². The second kappa shape index (κ2) is 26.1. The summed E-state index contributed by atoms with van der Waals surface area (Å²) in [7, 11) is 0. The normalized spacial score (nSPS) is 10.7. The van der Waals surface area contributed by atoms with Crippen molar-refractivity contribution in [2.24, 2.45) is 0 Å². The van der Waals surface area contributed by atoms with Gasteiger partial charge in [-0.3, -0.25) is 0 Å². The van der Waals surface area contributed by atoms with Crippen LogP contribution in [0.2, 0.25) is 10.6 Å². The van der Waals surface area contributed by atoms with Gasteiger partial charge in [-0.1, -0.05) is 153 Å². The molecule has 0 rings (SSSR count). The molecule has 0 aromatic rings. The summed E-state index contributed by atoms with van der Waals surface area (Å²) in [6.45, 7) is 6.92. The summed E-state index contributed by atoms with van der Waals surface area (Å²) in [6.07, 6.45) is 29.7. The molecule has 0 fully saturated rings. The molecule has 0 spiro atoms. The van der Waals surface area contributed by atoms with Crippen LogP contribution in [0.15, 0.2) is 0 Å². The van der Waals surface area contributed by atoms with Crippen LogP contribution in [-0.2, 0) is 0 Å². The Labute approximate surface area is 190 Å². The predicted octanol–water partition coefficient (Wildman–Crippen LogP) is 10.3. The van der Waals surface area contributed by atoms with Crippen molar-refractivity contribution in [3.05, 3.63) is 0 Å². The van der Waals surface area contributed by atoms with Crippen LogP contribution in [0, 0.1) is 10.7 Å². The van der Waals surface area contributed by atoms with Crippen molar-refractivity contribution < 1.29 is 0 Å². The lowest BCUT2D eigenvalue weighted by Gasteiger charge is -2.06. The van der Waals surface area contributed by atoms with Gasteiger partial charge >= 0.3 is 14.1 Å². The van der Waals surface area contributed by atoms with Gasteiger partial charge in [-0.2, -0.15) is 0 Å². The van der Waals surface area contributed by atoms with Gasteiger partial charge in [-0.15, -0.1) is 5.92 Å². The monoisotopic (exact) mass is 418 g/mol. The molecule has 29 heavy (non-hydrogen) atoms. The van der Waals surface area contributed by atoms with Gasteiger partial charge in [0, 0.05) is 6.42 Å². The van der Waals surface area contributed by atoms with Gasteiger partial charge in [0.1, 0.15) is 0 Å². The minimum atomic E-state index is -0.791. The molecule has 0 saturated heterocycles. The first-order valence-electron chi connectivity index (χ1n) is 13.8. The van der Waals surface area contributed by atoms with E-state index >= 15 is 0 Å². The summed E-state index contributed by atoms with van der Waals surface area (Å²) in [5.74, 6) is 3.63. The molecule has 1 heteroatoms. The van der Waals surface area contributed by atoms with Crippen LogP contribution in [0.25, 0.3) is 0 Å². The molecule has 0 nitrogen and oxygen atoms in total. The average molecular weight is 419 g/mol. The highest BCUT2D eigenvalue weighted by molar-refractivity contribution is 6.67. The van der Waals surface area contributed by atoms with Gasteiger partial charge in [0.15, 0.2) is 0 Å². The van der Waals surface area contributed by atoms with E-state index < -0.39 is 14.1 Å². The fourth-order valence-electron chi connectivity index (χ4n) is 4.19. The molecule has 0 aromatic heterocycles. The summed E-state index contributed by atoms with van der Waals surface area (Å²) in [5.41, 5.74) is 0. The van der Waals surface area contributed by atoms with Gasteiger partial charge in [-0.05, 0) is 6.42 Å². The SMILES string of the molecule is CCCCCCCCCCC#[C][Al]([CH2]CCCCCCC)[CH2]CCCCCCC. The van der Waals surface area contributed by atoms with E-state index in [0.29, 0.717) is 0 Å². The standard InChI is InChI=1S/C12H21.2C8H17.Al/c1-3-5-7-9-11-12-10-8-6-4-2;2*1-3-5-7-8-6-4-2;/h3,5-12H2,1H3;2*1,3-8H2,2H3;. The molecule has 0 aromatic carbocycles. The van der Waals surface area contributed by atoms with Crippen LogP contribution < -0.4 is 0 Å². The highest BCUT2D eigenvalue weighted by Crippen LogP contribution is 2.15. The van der Waals surface area contributed by atoms with E-state index in [1.165, 1.54) is 145 Å². The molecule has 0 unspecified atom stereocenters. The quantitative estimate of drug-likeness (QED) is 0.0931. The van der Waals surface area contributed by atoms with Crippen LogP contribution in [0.4, 0.5) is 0 Å². The molecule has 0 saturated carbocycles. The Balaban J connectivity index is 3.92. The van der Waals surface area contributed by atoms with Crippen LogP contribution in [0.5, 0.6) is 0 Å². The maximum Gasteiger partial charge on any atom is 0.376 e. The van der Waals surface area contributed by atoms with E-state index in [2.05, 4.69) is 31.5 Å². The Morgan fingerprint density at radius 1 is 0.414 bits per heavy atom. The van der Waals surface area contributed by atoms with Gasteiger partial charge in [0.05, 0.1) is 0 Å². The fourth-order valence-corrected chi connectivity index (χ4v) is 6.77. The van der Waals surface area contributed by atoms with Gasteiger partial charge in [-0.25, -0.2) is 4.78 Å². The van der Waals surface area contributed by atoms with Crippen LogP contribution >= 0.6 is 0 Å². The number of unbranched alkanes of at least 4 members (excludes halogenated alkanes) is 18. The fraction of sp³-hybridized carbons (Fsp3) is 0.929. The molecule has 0 aliphatic carbocycles.